The smallest absolute Gasteiger partial charge is 0.223 e. The van der Waals surface area contributed by atoms with E-state index in [1.165, 1.54) is 0 Å². The maximum atomic E-state index is 11.6. The molecule has 0 radical (unpaired) electrons. The first kappa shape index (κ1) is 14.9. The molecule has 1 fully saturated rings. The lowest BCUT2D eigenvalue weighted by Crippen LogP contribution is -2.52. The minimum atomic E-state index is -0.259. The van der Waals surface area contributed by atoms with Gasteiger partial charge in [0, 0.05) is 59.2 Å². The van der Waals surface area contributed by atoms with Gasteiger partial charge in [-0.05, 0) is 6.42 Å². The van der Waals surface area contributed by atoms with Crippen molar-refractivity contribution in [3.05, 3.63) is 0 Å². The number of primary amides is 1. The zero-order valence-electron chi connectivity index (χ0n) is 11.3. The zero-order valence-corrected chi connectivity index (χ0v) is 11.3. The Hall–Kier alpha value is -1.14. The monoisotopic (exact) mass is 256 g/mol. The minimum Gasteiger partial charge on any atom is -0.370 e. The molecule has 0 aromatic heterocycles. The van der Waals surface area contributed by atoms with Crippen LogP contribution in [0, 0.1) is 0 Å². The average molecular weight is 256 g/mol. The number of nitrogens with zero attached hydrogens (tertiary/aromatic N) is 2. The van der Waals surface area contributed by atoms with E-state index in [9.17, 15) is 9.59 Å². The van der Waals surface area contributed by atoms with Crippen molar-refractivity contribution in [2.45, 2.75) is 25.3 Å². The molecule has 0 aromatic carbocycles. The molecule has 0 bridgehead atoms. The molecule has 6 nitrogen and oxygen atoms in total. The molecule has 104 valence electrons. The van der Waals surface area contributed by atoms with Crippen LogP contribution in [0.1, 0.15) is 19.3 Å². The van der Waals surface area contributed by atoms with Crippen LogP contribution < -0.4 is 11.1 Å². The summed E-state index contributed by atoms with van der Waals surface area (Å²) in [6.45, 7) is 3.47. The first-order chi connectivity index (χ1) is 8.50. The Kier molecular flexibility index (Phi) is 6.07. The molecule has 0 spiro atoms. The second-order valence-corrected chi connectivity index (χ2v) is 4.94. The topological polar surface area (TPSA) is 78.7 Å². The summed E-state index contributed by atoms with van der Waals surface area (Å²) in [5, 5.41) is 3.31. The third kappa shape index (κ3) is 5.01. The molecule has 2 amide bonds. The van der Waals surface area contributed by atoms with Gasteiger partial charge in [0.2, 0.25) is 11.8 Å². The molecule has 6 heteroatoms. The van der Waals surface area contributed by atoms with Crippen LogP contribution in [-0.4, -0.2) is 67.9 Å². The SMILES string of the molecule is CN(C)C(=O)CCN1CCNCC1CCC(N)=O. The van der Waals surface area contributed by atoms with Crippen LogP contribution in [0.4, 0.5) is 0 Å². The number of hydrogen-bond acceptors (Lipinski definition) is 4. The van der Waals surface area contributed by atoms with Gasteiger partial charge in [0.25, 0.3) is 0 Å². The Morgan fingerprint density at radius 3 is 2.72 bits per heavy atom. The summed E-state index contributed by atoms with van der Waals surface area (Å²) >= 11 is 0. The van der Waals surface area contributed by atoms with E-state index in [1.807, 2.05) is 0 Å². The second kappa shape index (κ2) is 7.33. The van der Waals surface area contributed by atoms with E-state index in [0.717, 1.165) is 32.6 Å². The molecule has 0 saturated carbocycles. The van der Waals surface area contributed by atoms with Gasteiger partial charge in [0.05, 0.1) is 0 Å². The molecular weight excluding hydrogens is 232 g/mol. The number of carbonyl (C=O) groups excluding carboxylic acids is 2. The van der Waals surface area contributed by atoms with E-state index < -0.39 is 0 Å². The number of nitrogens with two attached hydrogens (primary N) is 1. The molecule has 1 aliphatic heterocycles. The minimum absolute atomic E-state index is 0.141. The second-order valence-electron chi connectivity index (χ2n) is 4.94. The Bertz CT molecular complexity index is 294. The van der Waals surface area contributed by atoms with Crippen LogP contribution in [0.2, 0.25) is 0 Å². The molecular formula is C12H24N4O2. The molecule has 0 aromatic rings. The van der Waals surface area contributed by atoms with Crippen LogP contribution in [-0.2, 0) is 9.59 Å². The predicted octanol–water partition coefficient (Wildman–Crippen LogP) is -0.996. The maximum Gasteiger partial charge on any atom is 0.223 e. The fourth-order valence-corrected chi connectivity index (χ4v) is 2.15. The third-order valence-electron chi connectivity index (χ3n) is 3.31. The molecule has 1 saturated heterocycles. The number of piperazine rings is 1. The lowest BCUT2D eigenvalue weighted by atomic mass is 10.1. The van der Waals surface area contributed by atoms with Gasteiger partial charge in [-0.3, -0.25) is 14.5 Å². The number of hydrogen-bond donors (Lipinski definition) is 2. The van der Waals surface area contributed by atoms with Crippen LogP contribution >= 0.6 is 0 Å². The van der Waals surface area contributed by atoms with Crippen LogP contribution in [0.5, 0.6) is 0 Å². The van der Waals surface area contributed by atoms with E-state index in [0.29, 0.717) is 18.9 Å². The summed E-state index contributed by atoms with van der Waals surface area (Å²) in [5.74, 6) is -0.118. The van der Waals surface area contributed by atoms with Gasteiger partial charge in [-0.2, -0.15) is 0 Å². The van der Waals surface area contributed by atoms with E-state index in [2.05, 4.69) is 10.2 Å². The highest BCUT2D eigenvalue weighted by molar-refractivity contribution is 5.75. The van der Waals surface area contributed by atoms with Crippen molar-refractivity contribution < 1.29 is 9.59 Å². The summed E-state index contributed by atoms with van der Waals surface area (Å²) in [6.07, 6.45) is 1.70. The number of amides is 2. The van der Waals surface area contributed by atoms with Gasteiger partial charge in [-0.25, -0.2) is 0 Å². The Morgan fingerprint density at radius 1 is 1.39 bits per heavy atom. The Labute approximate surface area is 108 Å². The van der Waals surface area contributed by atoms with E-state index in [-0.39, 0.29) is 11.8 Å². The quantitative estimate of drug-likeness (QED) is 0.639. The van der Waals surface area contributed by atoms with Gasteiger partial charge in [0.15, 0.2) is 0 Å². The Balaban J connectivity index is 2.39. The first-order valence-corrected chi connectivity index (χ1v) is 6.44. The van der Waals surface area contributed by atoms with Crippen LogP contribution in [0.3, 0.4) is 0 Å². The zero-order chi connectivity index (χ0) is 13.5. The largest absolute Gasteiger partial charge is 0.370 e. The number of carbonyl (C=O) groups is 2. The van der Waals surface area contributed by atoms with Crippen molar-refractivity contribution in [3.63, 3.8) is 0 Å². The fraction of sp³-hybridized carbons (Fsp3) is 0.833. The normalized spacial score (nSPS) is 20.7. The predicted molar refractivity (Wildman–Crippen MR) is 70.0 cm³/mol. The summed E-state index contributed by atoms with van der Waals surface area (Å²) in [6, 6.07) is 0.307. The summed E-state index contributed by atoms with van der Waals surface area (Å²) < 4.78 is 0. The maximum absolute atomic E-state index is 11.6. The van der Waals surface area contributed by atoms with Gasteiger partial charge >= 0.3 is 0 Å². The summed E-state index contributed by atoms with van der Waals surface area (Å²) in [5.41, 5.74) is 5.18. The molecule has 1 unspecified atom stereocenters. The molecule has 3 N–H and O–H groups in total. The lowest BCUT2D eigenvalue weighted by Gasteiger charge is -2.36. The van der Waals surface area contributed by atoms with Gasteiger partial charge in [-0.1, -0.05) is 0 Å². The lowest BCUT2D eigenvalue weighted by molar-refractivity contribution is -0.129. The van der Waals surface area contributed by atoms with Crippen molar-refractivity contribution in [1.82, 2.24) is 15.1 Å². The van der Waals surface area contributed by atoms with Crippen molar-refractivity contribution in [2.75, 3.05) is 40.3 Å². The highest BCUT2D eigenvalue weighted by atomic mass is 16.2. The van der Waals surface area contributed by atoms with E-state index in [4.69, 9.17) is 5.73 Å². The van der Waals surface area contributed by atoms with Gasteiger partial charge < -0.3 is 16.0 Å². The van der Waals surface area contributed by atoms with E-state index in [1.54, 1.807) is 19.0 Å². The van der Waals surface area contributed by atoms with Crippen molar-refractivity contribution in [1.29, 1.82) is 0 Å². The van der Waals surface area contributed by atoms with Crippen molar-refractivity contribution in [3.8, 4) is 0 Å². The van der Waals surface area contributed by atoms with Gasteiger partial charge in [-0.15, -0.1) is 0 Å². The number of rotatable bonds is 6. The van der Waals surface area contributed by atoms with Gasteiger partial charge in [0.1, 0.15) is 0 Å². The molecule has 1 rings (SSSR count). The average Bonchev–Trinajstić information content (AvgIpc) is 2.34. The standard InChI is InChI=1S/C12H24N4O2/c1-15(2)12(18)5-7-16-8-6-14-9-10(16)3-4-11(13)17/h10,14H,3-9H2,1-2H3,(H2,13,17). The molecule has 0 aliphatic carbocycles. The van der Waals surface area contributed by atoms with Crippen molar-refractivity contribution >= 4 is 11.8 Å². The molecule has 18 heavy (non-hydrogen) atoms. The Morgan fingerprint density at radius 2 is 2.11 bits per heavy atom. The molecule has 1 heterocycles. The highest BCUT2D eigenvalue weighted by Gasteiger charge is 2.22. The highest BCUT2D eigenvalue weighted by Crippen LogP contribution is 2.10. The van der Waals surface area contributed by atoms with Crippen molar-refractivity contribution in [2.24, 2.45) is 5.73 Å². The first-order valence-electron chi connectivity index (χ1n) is 6.44. The van der Waals surface area contributed by atoms with Crippen LogP contribution in [0.25, 0.3) is 0 Å². The van der Waals surface area contributed by atoms with E-state index >= 15 is 0 Å². The summed E-state index contributed by atoms with van der Waals surface area (Å²) in [4.78, 5) is 26.3. The fourth-order valence-electron chi connectivity index (χ4n) is 2.15. The van der Waals surface area contributed by atoms with Crippen LogP contribution in [0.15, 0.2) is 0 Å². The third-order valence-corrected chi connectivity index (χ3v) is 3.31. The number of nitrogens with one attached hydrogen (secondary N) is 1. The molecule has 1 atom stereocenters. The summed E-state index contributed by atoms with van der Waals surface area (Å²) in [7, 11) is 3.54. The molecule has 1 aliphatic rings.